The molecule has 2 N–H and O–H groups in total. The van der Waals surface area contributed by atoms with Crippen LogP contribution in [-0.4, -0.2) is 6.61 Å². The van der Waals surface area contributed by atoms with Crippen LogP contribution < -0.4 is 5.73 Å². The third kappa shape index (κ3) is 6.06. The van der Waals surface area contributed by atoms with E-state index in [1.165, 1.54) is 44.1 Å². The van der Waals surface area contributed by atoms with Crippen molar-refractivity contribution in [2.24, 2.45) is 0 Å². The van der Waals surface area contributed by atoms with E-state index >= 15 is 0 Å². The zero-order chi connectivity index (χ0) is 13.2. The van der Waals surface area contributed by atoms with Gasteiger partial charge < -0.3 is 10.5 Å². The number of anilines is 1. The molecule has 18 heavy (non-hydrogen) atoms. The van der Waals surface area contributed by atoms with Crippen molar-refractivity contribution in [2.45, 2.75) is 58.5 Å². The lowest BCUT2D eigenvalue weighted by Crippen LogP contribution is -2.02. The number of benzene rings is 1. The van der Waals surface area contributed by atoms with Crippen molar-refractivity contribution in [1.82, 2.24) is 0 Å². The first-order valence-corrected chi connectivity index (χ1v) is 7.21. The second kappa shape index (κ2) is 8.98. The van der Waals surface area contributed by atoms with Gasteiger partial charge in [0.15, 0.2) is 0 Å². The molecule has 2 heteroatoms. The van der Waals surface area contributed by atoms with Gasteiger partial charge in [0.1, 0.15) is 0 Å². The summed E-state index contributed by atoms with van der Waals surface area (Å²) in [4.78, 5) is 0. The molecule has 102 valence electrons. The second-order valence-electron chi connectivity index (χ2n) is 4.95. The molecule has 1 unspecified atom stereocenters. The minimum Gasteiger partial charge on any atom is -0.399 e. The fourth-order valence-corrected chi connectivity index (χ4v) is 2.01. The Bertz CT molecular complexity index is 307. The number of hydrogen-bond donors (Lipinski definition) is 1. The van der Waals surface area contributed by atoms with Crippen molar-refractivity contribution in [3.05, 3.63) is 29.8 Å². The van der Waals surface area contributed by atoms with E-state index in [0.717, 1.165) is 12.3 Å². The Morgan fingerprint density at radius 1 is 1.00 bits per heavy atom. The normalized spacial score (nSPS) is 12.6. The Kier molecular flexibility index (Phi) is 7.51. The number of hydrogen-bond acceptors (Lipinski definition) is 2. The molecule has 0 heterocycles. The molecular weight excluding hydrogens is 222 g/mol. The van der Waals surface area contributed by atoms with E-state index in [2.05, 4.69) is 13.8 Å². The summed E-state index contributed by atoms with van der Waals surface area (Å²) >= 11 is 0. The average molecular weight is 249 g/mol. The summed E-state index contributed by atoms with van der Waals surface area (Å²) in [5.74, 6) is 0. The predicted molar refractivity (Wildman–Crippen MR) is 78.6 cm³/mol. The minimum absolute atomic E-state index is 0.168. The van der Waals surface area contributed by atoms with Crippen molar-refractivity contribution in [1.29, 1.82) is 0 Å². The Morgan fingerprint density at radius 2 is 1.61 bits per heavy atom. The van der Waals surface area contributed by atoms with Crippen LogP contribution in [0.3, 0.4) is 0 Å². The van der Waals surface area contributed by atoms with Crippen molar-refractivity contribution in [2.75, 3.05) is 12.3 Å². The van der Waals surface area contributed by atoms with Gasteiger partial charge in [0.25, 0.3) is 0 Å². The van der Waals surface area contributed by atoms with Gasteiger partial charge in [-0.15, -0.1) is 0 Å². The first-order valence-electron chi connectivity index (χ1n) is 7.21. The average Bonchev–Trinajstić information content (AvgIpc) is 2.38. The minimum atomic E-state index is 0.168. The molecule has 0 saturated heterocycles. The molecule has 0 saturated carbocycles. The highest BCUT2D eigenvalue weighted by molar-refractivity contribution is 5.39. The molecule has 0 aliphatic carbocycles. The van der Waals surface area contributed by atoms with Gasteiger partial charge in [0.2, 0.25) is 0 Å². The van der Waals surface area contributed by atoms with Crippen LogP contribution in [-0.2, 0) is 4.74 Å². The van der Waals surface area contributed by atoms with Crippen molar-refractivity contribution >= 4 is 5.69 Å². The SMILES string of the molecule is CCCCCCCCOC(C)c1ccc(N)cc1. The van der Waals surface area contributed by atoms with Gasteiger partial charge in [-0.2, -0.15) is 0 Å². The van der Waals surface area contributed by atoms with E-state index in [4.69, 9.17) is 10.5 Å². The van der Waals surface area contributed by atoms with Crippen LogP contribution >= 0.6 is 0 Å². The molecule has 0 amide bonds. The van der Waals surface area contributed by atoms with Crippen LogP contribution in [0, 0.1) is 0 Å². The Morgan fingerprint density at radius 3 is 2.28 bits per heavy atom. The summed E-state index contributed by atoms with van der Waals surface area (Å²) in [6, 6.07) is 7.95. The summed E-state index contributed by atoms with van der Waals surface area (Å²) in [5, 5.41) is 0. The first-order chi connectivity index (χ1) is 8.74. The lowest BCUT2D eigenvalue weighted by atomic mass is 10.1. The molecular formula is C16H27NO. The van der Waals surface area contributed by atoms with Gasteiger partial charge in [-0.1, -0.05) is 51.2 Å². The van der Waals surface area contributed by atoms with Gasteiger partial charge in [-0.25, -0.2) is 0 Å². The quantitative estimate of drug-likeness (QED) is 0.508. The standard InChI is InChI=1S/C16H27NO/c1-3-4-5-6-7-8-13-18-14(2)15-9-11-16(17)12-10-15/h9-12,14H,3-8,13,17H2,1-2H3. The van der Waals surface area contributed by atoms with Gasteiger partial charge in [0, 0.05) is 12.3 Å². The number of nitrogens with two attached hydrogens (primary N) is 1. The van der Waals surface area contributed by atoms with E-state index in [1.807, 2.05) is 24.3 Å². The molecule has 1 aromatic rings. The van der Waals surface area contributed by atoms with E-state index in [0.29, 0.717) is 0 Å². The number of unbranched alkanes of at least 4 members (excludes halogenated alkanes) is 5. The zero-order valence-electron chi connectivity index (χ0n) is 11.8. The van der Waals surface area contributed by atoms with Crippen LogP contribution in [0.1, 0.15) is 64.0 Å². The number of rotatable bonds is 9. The van der Waals surface area contributed by atoms with Gasteiger partial charge in [-0.3, -0.25) is 0 Å². The molecule has 0 fully saturated rings. The monoisotopic (exact) mass is 249 g/mol. The van der Waals surface area contributed by atoms with Crippen LogP contribution in [0.5, 0.6) is 0 Å². The van der Waals surface area contributed by atoms with Crippen LogP contribution in [0.2, 0.25) is 0 Å². The number of nitrogen functional groups attached to an aromatic ring is 1. The fourth-order valence-electron chi connectivity index (χ4n) is 2.01. The fraction of sp³-hybridized carbons (Fsp3) is 0.625. The molecule has 0 aliphatic heterocycles. The molecule has 1 rings (SSSR count). The summed E-state index contributed by atoms with van der Waals surface area (Å²) in [6.45, 7) is 5.21. The highest BCUT2D eigenvalue weighted by Crippen LogP contribution is 2.18. The molecule has 0 radical (unpaired) electrons. The predicted octanol–water partition coefficient (Wildman–Crippen LogP) is 4.71. The highest BCUT2D eigenvalue weighted by atomic mass is 16.5. The van der Waals surface area contributed by atoms with E-state index in [1.54, 1.807) is 0 Å². The second-order valence-corrected chi connectivity index (χ2v) is 4.95. The molecule has 0 aromatic heterocycles. The molecule has 0 spiro atoms. The van der Waals surface area contributed by atoms with Crippen LogP contribution in [0.4, 0.5) is 5.69 Å². The largest absolute Gasteiger partial charge is 0.399 e. The van der Waals surface area contributed by atoms with Crippen LogP contribution in [0.25, 0.3) is 0 Å². The van der Waals surface area contributed by atoms with Crippen molar-refractivity contribution < 1.29 is 4.74 Å². The van der Waals surface area contributed by atoms with E-state index in [-0.39, 0.29) is 6.10 Å². The Balaban J connectivity index is 2.10. The number of ether oxygens (including phenoxy) is 1. The van der Waals surface area contributed by atoms with Crippen LogP contribution in [0.15, 0.2) is 24.3 Å². The Labute approximate surface area is 112 Å². The van der Waals surface area contributed by atoms with E-state index in [9.17, 15) is 0 Å². The molecule has 0 bridgehead atoms. The lowest BCUT2D eigenvalue weighted by Gasteiger charge is -2.13. The smallest absolute Gasteiger partial charge is 0.0796 e. The van der Waals surface area contributed by atoms with Gasteiger partial charge >= 0.3 is 0 Å². The third-order valence-electron chi connectivity index (χ3n) is 3.27. The first kappa shape index (κ1) is 15.0. The van der Waals surface area contributed by atoms with Gasteiger partial charge in [-0.05, 0) is 31.0 Å². The molecule has 2 nitrogen and oxygen atoms in total. The summed E-state index contributed by atoms with van der Waals surface area (Å²) < 4.78 is 5.83. The topological polar surface area (TPSA) is 35.2 Å². The van der Waals surface area contributed by atoms with E-state index < -0.39 is 0 Å². The molecule has 1 aromatic carbocycles. The van der Waals surface area contributed by atoms with Gasteiger partial charge in [0.05, 0.1) is 6.10 Å². The maximum absolute atomic E-state index is 5.83. The van der Waals surface area contributed by atoms with Crippen molar-refractivity contribution in [3.63, 3.8) is 0 Å². The third-order valence-corrected chi connectivity index (χ3v) is 3.27. The zero-order valence-corrected chi connectivity index (χ0v) is 11.8. The summed E-state index contributed by atoms with van der Waals surface area (Å²) in [6.07, 6.45) is 8.00. The Hall–Kier alpha value is -1.02. The highest BCUT2D eigenvalue weighted by Gasteiger charge is 2.04. The summed E-state index contributed by atoms with van der Waals surface area (Å²) in [7, 11) is 0. The van der Waals surface area contributed by atoms with Crippen molar-refractivity contribution in [3.8, 4) is 0 Å². The maximum atomic E-state index is 5.83. The molecule has 0 aliphatic rings. The maximum Gasteiger partial charge on any atom is 0.0796 e. The summed E-state index contributed by atoms with van der Waals surface area (Å²) in [5.41, 5.74) is 7.68. The molecule has 1 atom stereocenters. The lowest BCUT2D eigenvalue weighted by molar-refractivity contribution is 0.0627.